The average molecular weight is 299 g/mol. The first-order chi connectivity index (χ1) is 9.34. The Morgan fingerprint density at radius 3 is 2.42 bits per heavy atom. The summed E-state index contributed by atoms with van der Waals surface area (Å²) in [6, 6.07) is 0. The first-order valence-corrected chi connectivity index (χ1v) is 10.2. The van der Waals surface area contributed by atoms with Crippen LogP contribution in [0.2, 0.25) is 0 Å². The van der Waals surface area contributed by atoms with Gasteiger partial charge in [0.2, 0.25) is 0 Å². The third kappa shape index (κ3) is 8.86. The second kappa shape index (κ2) is 12.0. The number of allylic oxidation sites excluding steroid dienone is 2. The monoisotopic (exact) mass is 298 g/mol. The topological polar surface area (TPSA) is 0 Å². The van der Waals surface area contributed by atoms with Gasteiger partial charge in [0.1, 0.15) is 0 Å². The second-order valence-electron chi connectivity index (χ2n) is 5.38. The van der Waals surface area contributed by atoms with Gasteiger partial charge in [-0.2, -0.15) is 11.8 Å². The minimum Gasteiger partial charge on any atom is -0.165 e. The molecule has 0 unspecified atom stereocenters. The Balaban J connectivity index is 2.42. The standard InChI is InChI=1S/C17H30S2/c1-16-12-9-7-5-3-4-6-8-10-13-17(16)19-15-11-14-18-2/h13H,1,3-12,14-15H2,2H3/b17-13-. The van der Waals surface area contributed by atoms with Crippen LogP contribution in [-0.2, 0) is 0 Å². The van der Waals surface area contributed by atoms with Gasteiger partial charge in [-0.25, -0.2) is 0 Å². The minimum atomic E-state index is 1.21. The molecule has 0 amide bonds. The van der Waals surface area contributed by atoms with E-state index >= 15 is 0 Å². The second-order valence-corrected chi connectivity index (χ2v) is 7.50. The molecule has 0 saturated carbocycles. The summed E-state index contributed by atoms with van der Waals surface area (Å²) in [6.45, 7) is 4.33. The van der Waals surface area contributed by atoms with Gasteiger partial charge in [-0.15, -0.1) is 11.8 Å². The summed E-state index contributed by atoms with van der Waals surface area (Å²) in [5.41, 5.74) is 1.40. The highest BCUT2D eigenvalue weighted by Crippen LogP contribution is 2.29. The molecule has 0 aromatic heterocycles. The predicted molar refractivity (Wildman–Crippen MR) is 94.2 cm³/mol. The first-order valence-electron chi connectivity index (χ1n) is 7.84. The Morgan fingerprint density at radius 2 is 1.68 bits per heavy atom. The smallest absolute Gasteiger partial charge is 0.00581 e. The van der Waals surface area contributed by atoms with Crippen LogP contribution >= 0.6 is 23.5 Å². The van der Waals surface area contributed by atoms with E-state index in [2.05, 4.69) is 18.9 Å². The normalized spacial score (nSPS) is 22.2. The van der Waals surface area contributed by atoms with Crippen molar-refractivity contribution in [3.63, 3.8) is 0 Å². The molecule has 0 bridgehead atoms. The van der Waals surface area contributed by atoms with Gasteiger partial charge < -0.3 is 0 Å². The van der Waals surface area contributed by atoms with Crippen LogP contribution < -0.4 is 0 Å². The maximum absolute atomic E-state index is 4.33. The van der Waals surface area contributed by atoms with Crippen LogP contribution in [0.3, 0.4) is 0 Å². The Kier molecular flexibility index (Phi) is 10.8. The fraction of sp³-hybridized carbons (Fsp3) is 0.765. The summed E-state index contributed by atoms with van der Waals surface area (Å²) in [7, 11) is 0. The molecule has 0 radical (unpaired) electrons. The predicted octanol–water partition coefficient (Wildman–Crippen LogP) is 6.44. The number of rotatable bonds is 5. The van der Waals surface area contributed by atoms with Crippen LogP contribution in [0, 0.1) is 0 Å². The van der Waals surface area contributed by atoms with Crippen LogP contribution in [0.25, 0.3) is 0 Å². The molecule has 19 heavy (non-hydrogen) atoms. The van der Waals surface area contributed by atoms with Crippen molar-refractivity contribution in [2.75, 3.05) is 17.8 Å². The van der Waals surface area contributed by atoms with Crippen LogP contribution in [0.5, 0.6) is 0 Å². The van der Waals surface area contributed by atoms with E-state index in [1.165, 1.54) is 86.2 Å². The molecule has 0 aromatic rings. The van der Waals surface area contributed by atoms with Gasteiger partial charge in [-0.05, 0) is 55.4 Å². The SMILES string of the molecule is C=C1CCCCCCCCC/C=C/1SCCCSC. The van der Waals surface area contributed by atoms with Crippen molar-refractivity contribution < 1.29 is 0 Å². The highest BCUT2D eigenvalue weighted by Gasteiger charge is 2.05. The van der Waals surface area contributed by atoms with Crippen molar-refractivity contribution in [3.8, 4) is 0 Å². The lowest BCUT2D eigenvalue weighted by Crippen LogP contribution is -1.92. The van der Waals surface area contributed by atoms with E-state index in [0.717, 1.165) is 0 Å². The van der Waals surface area contributed by atoms with E-state index in [9.17, 15) is 0 Å². The molecule has 1 rings (SSSR count). The van der Waals surface area contributed by atoms with E-state index in [4.69, 9.17) is 0 Å². The van der Waals surface area contributed by atoms with Gasteiger partial charge in [0.05, 0.1) is 0 Å². The van der Waals surface area contributed by atoms with Gasteiger partial charge in [-0.1, -0.05) is 44.8 Å². The van der Waals surface area contributed by atoms with Gasteiger partial charge >= 0.3 is 0 Å². The Hall–Kier alpha value is 0.180. The van der Waals surface area contributed by atoms with Gasteiger partial charge in [0.25, 0.3) is 0 Å². The van der Waals surface area contributed by atoms with E-state index in [1.807, 2.05) is 23.5 Å². The van der Waals surface area contributed by atoms with E-state index in [-0.39, 0.29) is 0 Å². The Morgan fingerprint density at radius 1 is 1.00 bits per heavy atom. The number of hydrogen-bond acceptors (Lipinski definition) is 2. The van der Waals surface area contributed by atoms with Crippen molar-refractivity contribution in [1.82, 2.24) is 0 Å². The molecule has 0 fully saturated rings. The van der Waals surface area contributed by atoms with E-state index in [0.29, 0.717) is 0 Å². The van der Waals surface area contributed by atoms with E-state index < -0.39 is 0 Å². The largest absolute Gasteiger partial charge is 0.165 e. The highest BCUT2D eigenvalue weighted by atomic mass is 32.2. The van der Waals surface area contributed by atoms with Crippen molar-refractivity contribution in [2.45, 2.75) is 64.2 Å². The van der Waals surface area contributed by atoms with Gasteiger partial charge in [-0.3, -0.25) is 0 Å². The van der Waals surface area contributed by atoms with Crippen molar-refractivity contribution in [2.24, 2.45) is 0 Å². The third-order valence-corrected chi connectivity index (χ3v) is 5.57. The minimum absolute atomic E-state index is 1.21. The quantitative estimate of drug-likeness (QED) is 0.536. The van der Waals surface area contributed by atoms with Crippen molar-refractivity contribution in [3.05, 3.63) is 23.1 Å². The fourth-order valence-electron chi connectivity index (χ4n) is 2.41. The van der Waals surface area contributed by atoms with Crippen LogP contribution in [-0.4, -0.2) is 17.8 Å². The molecule has 0 atom stereocenters. The molecule has 0 N–H and O–H groups in total. The zero-order valence-corrected chi connectivity index (χ0v) is 14.2. The highest BCUT2D eigenvalue weighted by molar-refractivity contribution is 8.03. The molecule has 1 aliphatic rings. The lowest BCUT2D eigenvalue weighted by atomic mass is 10.0. The summed E-state index contributed by atoms with van der Waals surface area (Å²) in [5.74, 6) is 2.54. The molecule has 110 valence electrons. The fourth-order valence-corrected chi connectivity index (χ4v) is 4.08. The lowest BCUT2D eigenvalue weighted by Gasteiger charge is -2.12. The summed E-state index contributed by atoms with van der Waals surface area (Å²) >= 11 is 4.00. The van der Waals surface area contributed by atoms with Gasteiger partial charge in [0, 0.05) is 4.91 Å². The van der Waals surface area contributed by atoms with Crippen LogP contribution in [0.4, 0.5) is 0 Å². The van der Waals surface area contributed by atoms with Gasteiger partial charge in [0.15, 0.2) is 0 Å². The maximum Gasteiger partial charge on any atom is 0.00581 e. The molecular weight excluding hydrogens is 268 g/mol. The molecule has 1 aliphatic carbocycles. The molecule has 0 aliphatic heterocycles. The van der Waals surface area contributed by atoms with E-state index in [1.54, 1.807) is 0 Å². The molecule has 0 heterocycles. The summed E-state index contributed by atoms with van der Waals surface area (Å²) < 4.78 is 0. The summed E-state index contributed by atoms with van der Waals surface area (Å²) in [5, 5.41) is 0. The molecule has 0 nitrogen and oxygen atoms in total. The Bertz CT molecular complexity index is 268. The summed E-state index contributed by atoms with van der Waals surface area (Å²) in [4.78, 5) is 1.50. The van der Waals surface area contributed by atoms with Crippen molar-refractivity contribution >= 4 is 23.5 Å². The number of hydrogen-bond donors (Lipinski definition) is 0. The third-order valence-electron chi connectivity index (χ3n) is 3.61. The summed E-state index contributed by atoms with van der Waals surface area (Å²) in [6.07, 6.45) is 18.2. The van der Waals surface area contributed by atoms with Crippen molar-refractivity contribution in [1.29, 1.82) is 0 Å². The van der Waals surface area contributed by atoms with Crippen LogP contribution in [0.15, 0.2) is 23.1 Å². The molecule has 0 aromatic carbocycles. The Labute approximate surface area is 128 Å². The lowest BCUT2D eigenvalue weighted by molar-refractivity contribution is 0.579. The molecule has 0 saturated heterocycles. The first kappa shape index (κ1) is 17.2. The molecular formula is C17H30S2. The molecule has 2 heteroatoms. The average Bonchev–Trinajstić information content (AvgIpc) is 2.41. The molecule has 0 spiro atoms. The zero-order valence-electron chi connectivity index (χ0n) is 12.6. The number of thioether (sulfide) groups is 2. The zero-order chi connectivity index (χ0) is 13.8. The maximum atomic E-state index is 4.33. The van der Waals surface area contributed by atoms with Crippen LogP contribution in [0.1, 0.15) is 64.2 Å².